The molecule has 0 fully saturated rings. The van der Waals surface area contributed by atoms with Crippen molar-refractivity contribution in [1.29, 1.82) is 0 Å². The van der Waals surface area contributed by atoms with E-state index in [-0.39, 0.29) is 17.7 Å². The minimum absolute atomic E-state index is 0.123. The molecule has 3 rings (SSSR count). The van der Waals surface area contributed by atoms with Gasteiger partial charge in [-0.2, -0.15) is 0 Å². The number of phenols is 1. The number of aryl methyl sites for hydroxylation is 1. The molecule has 2 aliphatic heterocycles. The van der Waals surface area contributed by atoms with Crippen molar-refractivity contribution in [2.24, 2.45) is 10.9 Å². The smallest absolute Gasteiger partial charge is 0.196 e. The Kier molecular flexibility index (Phi) is 11.4. The van der Waals surface area contributed by atoms with Crippen molar-refractivity contribution in [3.8, 4) is 11.5 Å². The van der Waals surface area contributed by atoms with Gasteiger partial charge < -0.3 is 24.8 Å². The number of benzene rings is 1. The van der Waals surface area contributed by atoms with E-state index in [0.717, 1.165) is 49.0 Å². The fourth-order valence-electron chi connectivity index (χ4n) is 4.52. The number of aromatic hydroxyl groups is 1. The van der Waals surface area contributed by atoms with Gasteiger partial charge in [-0.05, 0) is 70.7 Å². The van der Waals surface area contributed by atoms with E-state index >= 15 is 0 Å². The van der Waals surface area contributed by atoms with Gasteiger partial charge in [0.2, 0.25) is 0 Å². The average Bonchev–Trinajstić information content (AvgIpc) is 3.56. The van der Waals surface area contributed by atoms with E-state index < -0.39 is 12.2 Å². The van der Waals surface area contributed by atoms with Crippen LogP contribution in [0, 0.1) is 17.9 Å². The Morgan fingerprint density at radius 3 is 2.78 bits per heavy atom. The minimum Gasteiger partial charge on any atom is -0.504 e. The number of unbranched alkanes of at least 4 members (excludes halogenated alkanes) is 1. The maximum absolute atomic E-state index is 10.4. The highest BCUT2D eigenvalue weighted by molar-refractivity contribution is 5.83. The van der Waals surface area contributed by atoms with E-state index in [9.17, 15) is 15.3 Å². The number of rotatable bonds is 16. The van der Waals surface area contributed by atoms with Gasteiger partial charge in [0.25, 0.3) is 0 Å². The number of nitrogens with one attached hydrogen (secondary N) is 1. The highest BCUT2D eigenvalue weighted by Gasteiger charge is 2.32. The number of hydrogen-bond acceptors (Lipinski definition) is 6. The number of allylic oxidation sites excluding steroid dienone is 1. The second-order valence-corrected chi connectivity index (χ2v) is 10.3. The number of aliphatic hydroxyl groups excluding tert-OH is 2. The molecule has 0 saturated heterocycles. The highest BCUT2D eigenvalue weighted by atomic mass is 16.5. The Bertz CT molecular complexity index is 929. The van der Waals surface area contributed by atoms with Gasteiger partial charge in [0.15, 0.2) is 23.2 Å². The van der Waals surface area contributed by atoms with E-state index in [1.807, 2.05) is 25.4 Å². The molecule has 0 saturated carbocycles. The van der Waals surface area contributed by atoms with Crippen molar-refractivity contribution in [1.82, 2.24) is 5.32 Å². The molecule has 1 aromatic carbocycles. The molecule has 2 aliphatic rings. The summed E-state index contributed by atoms with van der Waals surface area (Å²) < 4.78 is 10.8. The maximum Gasteiger partial charge on any atom is 0.196 e. The van der Waals surface area contributed by atoms with Gasteiger partial charge in [0, 0.05) is 12.3 Å². The zero-order valence-corrected chi connectivity index (χ0v) is 22.7. The molecule has 204 valence electrons. The largest absolute Gasteiger partial charge is 0.504 e. The number of likely N-dealkylation sites (N-methyl/N-ethyl adjacent to an activating group) is 1. The topological polar surface area (TPSA) is 107 Å². The SMILES string of the molecule is CCCCC1C=C[C-](CCc2ccc(O)c(OCC(NC)C3=C[C+](C(C)CCC(O)C(C)O)C=N3)c2)[OH+]1. The molecular weight excluding hydrogens is 468 g/mol. The molecule has 5 N–H and O–H groups in total. The summed E-state index contributed by atoms with van der Waals surface area (Å²) in [5.41, 5.74) is 1.98. The van der Waals surface area contributed by atoms with Crippen molar-refractivity contribution in [2.75, 3.05) is 13.7 Å². The van der Waals surface area contributed by atoms with Crippen LogP contribution in [0.25, 0.3) is 0 Å². The van der Waals surface area contributed by atoms with Gasteiger partial charge in [-0.1, -0.05) is 19.4 Å². The Labute approximate surface area is 222 Å². The first-order valence-electron chi connectivity index (χ1n) is 13.7. The van der Waals surface area contributed by atoms with Crippen LogP contribution in [0.5, 0.6) is 11.5 Å². The fraction of sp³-hybridized carbons (Fsp3) is 0.567. The van der Waals surface area contributed by atoms with Crippen LogP contribution >= 0.6 is 0 Å². The van der Waals surface area contributed by atoms with Crippen molar-refractivity contribution in [2.45, 2.75) is 90.1 Å². The number of nitrogens with zero attached hydrogens (tertiary/aromatic N) is 1. The van der Waals surface area contributed by atoms with Crippen molar-refractivity contribution < 1.29 is 24.8 Å². The third-order valence-electron chi connectivity index (χ3n) is 7.20. The zero-order chi connectivity index (χ0) is 26.8. The summed E-state index contributed by atoms with van der Waals surface area (Å²) in [5.74, 6) is 1.90. The van der Waals surface area contributed by atoms with Crippen molar-refractivity contribution in [3.63, 3.8) is 0 Å². The third-order valence-corrected chi connectivity index (χ3v) is 7.20. The highest BCUT2D eigenvalue weighted by Crippen LogP contribution is 2.31. The molecule has 37 heavy (non-hydrogen) atoms. The average molecular weight is 514 g/mol. The summed E-state index contributed by atoms with van der Waals surface area (Å²) in [4.78, 5) is 4.58. The third kappa shape index (κ3) is 8.82. The summed E-state index contributed by atoms with van der Waals surface area (Å²) in [7, 11) is 1.87. The first-order valence-corrected chi connectivity index (χ1v) is 13.7. The lowest BCUT2D eigenvalue weighted by atomic mass is 9.89. The van der Waals surface area contributed by atoms with Crippen LogP contribution < -0.4 is 10.1 Å². The van der Waals surface area contributed by atoms with Gasteiger partial charge in [0.05, 0.1) is 18.3 Å². The van der Waals surface area contributed by atoms with Crippen LogP contribution in [0.15, 0.2) is 47.1 Å². The molecule has 7 nitrogen and oxygen atoms in total. The molecule has 0 amide bonds. The van der Waals surface area contributed by atoms with Crippen LogP contribution in [0.2, 0.25) is 0 Å². The number of hydrogen-bond donors (Lipinski definition) is 4. The molecule has 7 heteroatoms. The molecule has 5 unspecified atom stereocenters. The number of phenolic OH excluding ortho intramolecular Hbond substituents is 1. The first kappa shape index (κ1) is 29.1. The fourth-order valence-corrected chi connectivity index (χ4v) is 4.52. The number of aliphatic hydroxyl groups is 4. The molecule has 0 radical (unpaired) electrons. The van der Waals surface area contributed by atoms with Crippen molar-refractivity contribution >= 4 is 6.21 Å². The molecule has 1 aromatic rings. The molecule has 0 spiro atoms. The van der Waals surface area contributed by atoms with E-state index in [1.165, 1.54) is 12.8 Å². The lowest BCUT2D eigenvalue weighted by molar-refractivity contribution is -0.0480. The number of ether oxygens (including phenoxy) is 2. The molecule has 5 atom stereocenters. The van der Waals surface area contributed by atoms with E-state index in [1.54, 1.807) is 13.0 Å². The second kappa shape index (κ2) is 14.5. The lowest BCUT2D eigenvalue weighted by Gasteiger charge is -2.18. The summed E-state index contributed by atoms with van der Waals surface area (Å²) in [6.45, 7) is 6.24. The van der Waals surface area contributed by atoms with Crippen LogP contribution in [-0.4, -0.2) is 64.3 Å². The Balaban J connectivity index is 1.50. The Morgan fingerprint density at radius 2 is 2.05 bits per heavy atom. The quantitative estimate of drug-likeness (QED) is 0.196. The standard InChI is InChI=1S/C30H44N2O5/c1-5-6-7-24-12-13-25(37-24)11-9-22-10-15-29(35)30(16-22)36-19-27(31-4)26-17-23(18-32-26)20(2)8-14-28(34)21(3)33/h10,12-13,15-18,20-21,24,27-28,31,33-34,37H,5-9,11,14,19H2,1-4H3/p+1. The molecule has 0 aromatic heterocycles. The summed E-state index contributed by atoms with van der Waals surface area (Å²) in [5, 5.41) is 33.0. The summed E-state index contributed by atoms with van der Waals surface area (Å²) in [6.07, 6.45) is 14.8. The van der Waals surface area contributed by atoms with Crippen LogP contribution in [0.4, 0.5) is 0 Å². The first-order chi connectivity index (χ1) is 17.8. The Hall–Kier alpha value is -2.45. The summed E-state index contributed by atoms with van der Waals surface area (Å²) in [6, 6.07) is 5.41. The second-order valence-electron chi connectivity index (χ2n) is 10.3. The van der Waals surface area contributed by atoms with Gasteiger partial charge in [-0.15, -0.1) is 17.1 Å². The number of aliphatic imine (C=N–C) groups is 1. The Morgan fingerprint density at radius 1 is 1.24 bits per heavy atom. The monoisotopic (exact) mass is 513 g/mol. The van der Waals surface area contributed by atoms with E-state index in [0.29, 0.717) is 24.9 Å². The summed E-state index contributed by atoms with van der Waals surface area (Å²) >= 11 is 0. The minimum atomic E-state index is -0.725. The van der Waals surface area contributed by atoms with Gasteiger partial charge in [0.1, 0.15) is 30.9 Å². The zero-order valence-electron chi connectivity index (χ0n) is 22.7. The van der Waals surface area contributed by atoms with E-state index in [2.05, 4.69) is 42.4 Å². The predicted molar refractivity (Wildman–Crippen MR) is 149 cm³/mol. The molecule has 0 bridgehead atoms. The van der Waals surface area contributed by atoms with Gasteiger partial charge in [-0.3, -0.25) is 5.32 Å². The van der Waals surface area contributed by atoms with Crippen molar-refractivity contribution in [3.05, 3.63) is 59.7 Å². The van der Waals surface area contributed by atoms with Crippen LogP contribution in [0.1, 0.15) is 64.9 Å². The van der Waals surface area contributed by atoms with Crippen LogP contribution in [-0.2, 0) is 6.42 Å². The van der Waals surface area contributed by atoms with Gasteiger partial charge >= 0.3 is 0 Å². The lowest BCUT2D eigenvalue weighted by Crippen LogP contribution is -2.33. The molecule has 0 aliphatic carbocycles. The predicted octanol–water partition coefficient (Wildman–Crippen LogP) is 4.18. The van der Waals surface area contributed by atoms with E-state index in [4.69, 9.17) is 9.47 Å². The van der Waals surface area contributed by atoms with Gasteiger partial charge in [-0.25, -0.2) is 0 Å². The molecule has 2 heterocycles. The van der Waals surface area contributed by atoms with Crippen LogP contribution in [0.3, 0.4) is 0 Å². The maximum atomic E-state index is 10.4. The molecular formula is C30H45N2O5+. The normalized spacial score (nSPS) is 20.3.